The van der Waals surface area contributed by atoms with Gasteiger partial charge in [-0.15, -0.1) is 0 Å². The van der Waals surface area contributed by atoms with Crippen LogP contribution in [0.3, 0.4) is 0 Å². The lowest BCUT2D eigenvalue weighted by Gasteiger charge is -2.30. The number of carbonyl (C=O) groups excluding carboxylic acids is 5. The third kappa shape index (κ3) is 13.2. The van der Waals surface area contributed by atoms with Gasteiger partial charge in [-0.1, -0.05) is 56.3 Å². The number of halogens is 1. The number of amides is 3. The lowest BCUT2D eigenvalue weighted by molar-refractivity contribution is -0.147. The van der Waals surface area contributed by atoms with Gasteiger partial charge in [0.15, 0.2) is 0 Å². The molecule has 1 aliphatic rings. The van der Waals surface area contributed by atoms with E-state index in [1.54, 1.807) is 4.90 Å². The largest absolute Gasteiger partial charge is 0.622 e. The van der Waals surface area contributed by atoms with E-state index in [1.165, 1.54) is 24.2 Å². The fraction of sp³-hybridized carbons (Fsp3) is 0.400. The summed E-state index contributed by atoms with van der Waals surface area (Å²) in [4.78, 5) is 74.6. The van der Waals surface area contributed by atoms with Crippen LogP contribution in [0.5, 0.6) is 0 Å². The van der Waals surface area contributed by atoms with E-state index in [0.717, 1.165) is 15.6 Å². The fourth-order valence-electron chi connectivity index (χ4n) is 5.38. The van der Waals surface area contributed by atoms with Gasteiger partial charge < -0.3 is 25.3 Å². The number of aromatic nitrogens is 2. The first-order valence-corrected chi connectivity index (χ1v) is 17.7. The molecular weight excluding hydrogens is 754 g/mol. The lowest BCUT2D eigenvalue weighted by atomic mass is 9.73. The van der Waals surface area contributed by atoms with Gasteiger partial charge in [0.2, 0.25) is 11.8 Å². The normalized spacial score (nSPS) is 14.8. The SMILES string of the molecule is CC(C)C[C@H](NC(=O)[C@H](Cc1ccccc1)NC(=O)c1cnccn1)B1OC(=O)CN(CCNC(=O)CCCc2ccc(I)cc2)CC(=O)O1. The molecule has 3 aromatic rings. The van der Waals surface area contributed by atoms with Crippen molar-refractivity contribution in [1.82, 2.24) is 30.8 Å². The van der Waals surface area contributed by atoms with Crippen LogP contribution in [0, 0.1) is 9.49 Å². The highest BCUT2D eigenvalue weighted by Crippen LogP contribution is 2.14. The number of nitrogens with one attached hydrogen (secondary N) is 3. The van der Waals surface area contributed by atoms with Crippen molar-refractivity contribution < 1.29 is 33.3 Å². The van der Waals surface area contributed by atoms with E-state index in [4.69, 9.17) is 9.31 Å². The van der Waals surface area contributed by atoms with Crippen molar-refractivity contribution in [2.45, 2.75) is 57.9 Å². The van der Waals surface area contributed by atoms with Gasteiger partial charge in [-0.25, -0.2) is 4.98 Å². The number of benzene rings is 2. The second-order valence-corrected chi connectivity index (χ2v) is 13.7. The highest BCUT2D eigenvalue weighted by Gasteiger charge is 2.42. The number of nitrogens with zero attached hydrogens (tertiary/aromatic N) is 3. The van der Waals surface area contributed by atoms with Gasteiger partial charge in [0, 0.05) is 41.9 Å². The van der Waals surface area contributed by atoms with Crippen LogP contribution < -0.4 is 16.0 Å². The Bertz CT molecular complexity index is 1560. The molecule has 2 atom stereocenters. The average Bonchev–Trinajstić information content (AvgIpc) is 3.08. The number of aryl methyl sites for hydroxylation is 1. The fourth-order valence-corrected chi connectivity index (χ4v) is 5.74. The molecule has 0 unspecified atom stereocenters. The minimum Gasteiger partial charge on any atom is -0.497 e. The van der Waals surface area contributed by atoms with E-state index in [2.05, 4.69) is 60.6 Å². The second kappa shape index (κ2) is 19.7. The van der Waals surface area contributed by atoms with Crippen molar-refractivity contribution in [1.29, 1.82) is 0 Å². The van der Waals surface area contributed by atoms with Crippen LogP contribution >= 0.6 is 22.6 Å². The summed E-state index contributed by atoms with van der Waals surface area (Å²) >= 11 is 2.25. The Labute approximate surface area is 306 Å². The van der Waals surface area contributed by atoms with E-state index >= 15 is 0 Å². The van der Waals surface area contributed by atoms with Crippen LogP contribution in [-0.2, 0) is 41.3 Å². The second-order valence-electron chi connectivity index (χ2n) is 12.4. The van der Waals surface area contributed by atoms with Gasteiger partial charge in [-0.2, -0.15) is 0 Å². The zero-order valence-electron chi connectivity index (χ0n) is 28.2. The Morgan fingerprint density at radius 1 is 0.940 bits per heavy atom. The van der Waals surface area contributed by atoms with Gasteiger partial charge in [0.25, 0.3) is 5.91 Å². The molecule has 1 aromatic heterocycles. The Hall–Kier alpha value is -4.38. The van der Waals surface area contributed by atoms with Gasteiger partial charge in [-0.3, -0.25) is 33.9 Å². The molecule has 2 aromatic carbocycles. The van der Waals surface area contributed by atoms with Crippen LogP contribution in [0.15, 0.2) is 73.2 Å². The Kier molecular flexibility index (Phi) is 15.2. The van der Waals surface area contributed by atoms with E-state index < -0.39 is 42.9 Å². The molecule has 0 aliphatic carbocycles. The molecule has 50 heavy (non-hydrogen) atoms. The molecule has 1 saturated heterocycles. The van der Waals surface area contributed by atoms with Crippen molar-refractivity contribution in [3.8, 4) is 0 Å². The van der Waals surface area contributed by atoms with Crippen LogP contribution in [0.4, 0.5) is 0 Å². The van der Waals surface area contributed by atoms with Gasteiger partial charge in [-0.05, 0) is 71.0 Å². The van der Waals surface area contributed by atoms with E-state index in [9.17, 15) is 24.0 Å². The predicted molar refractivity (Wildman–Crippen MR) is 194 cm³/mol. The summed E-state index contributed by atoms with van der Waals surface area (Å²) in [6.45, 7) is 3.89. The number of hydrogen-bond donors (Lipinski definition) is 3. The molecule has 264 valence electrons. The highest BCUT2D eigenvalue weighted by atomic mass is 127. The monoisotopic (exact) mass is 796 g/mol. The van der Waals surface area contributed by atoms with Crippen molar-refractivity contribution in [2.24, 2.45) is 5.92 Å². The molecule has 4 rings (SSSR count). The molecule has 2 heterocycles. The number of hydrogen-bond acceptors (Lipinski definition) is 10. The third-order valence-corrected chi connectivity index (χ3v) is 8.53. The molecule has 1 fully saturated rings. The standard InChI is InChI=1S/C35H42BIN6O7/c1-24(2)19-30(42-34(47)28(20-26-7-4-3-5-8-26)41-35(48)29-21-38-15-16-39-29)36-49-32(45)22-43(23-33(46)50-36)18-17-40-31(44)10-6-9-25-11-13-27(37)14-12-25/h3-5,7-8,11-16,21,24,28,30H,6,9-10,17-20,22-23H2,1-2H3,(H,40,44)(H,41,48)(H,42,47)/t28-,30-/m0/s1. The predicted octanol–water partition coefficient (Wildman–Crippen LogP) is 2.52. The summed E-state index contributed by atoms with van der Waals surface area (Å²) in [6, 6.07) is 16.3. The minimum atomic E-state index is -1.38. The molecular formula is C35H42BIN6O7. The van der Waals surface area contributed by atoms with E-state index in [-0.39, 0.29) is 50.1 Å². The first kappa shape index (κ1) is 38.4. The van der Waals surface area contributed by atoms with Crippen LogP contribution in [0.1, 0.15) is 54.7 Å². The third-order valence-electron chi connectivity index (χ3n) is 7.82. The zero-order valence-corrected chi connectivity index (χ0v) is 30.3. The van der Waals surface area contributed by atoms with E-state index in [0.29, 0.717) is 19.3 Å². The molecule has 0 bridgehead atoms. The van der Waals surface area contributed by atoms with Crippen molar-refractivity contribution in [3.63, 3.8) is 0 Å². The number of carbonyl (C=O) groups is 5. The highest BCUT2D eigenvalue weighted by molar-refractivity contribution is 14.1. The summed E-state index contributed by atoms with van der Waals surface area (Å²) in [6.07, 6.45) is 6.43. The average molecular weight is 796 g/mol. The van der Waals surface area contributed by atoms with Gasteiger partial charge >= 0.3 is 19.1 Å². The molecule has 0 spiro atoms. The van der Waals surface area contributed by atoms with Crippen molar-refractivity contribution >= 4 is 59.4 Å². The maximum absolute atomic E-state index is 13.8. The quantitative estimate of drug-likeness (QED) is 0.145. The Balaban J connectivity index is 1.33. The van der Waals surface area contributed by atoms with Gasteiger partial charge in [0.1, 0.15) is 11.7 Å². The molecule has 1 aliphatic heterocycles. The Morgan fingerprint density at radius 3 is 2.28 bits per heavy atom. The van der Waals surface area contributed by atoms with Crippen molar-refractivity contribution in [3.05, 3.63) is 93.6 Å². The van der Waals surface area contributed by atoms with Crippen molar-refractivity contribution in [2.75, 3.05) is 26.2 Å². The summed E-state index contributed by atoms with van der Waals surface area (Å²) in [5, 5.41) is 8.44. The van der Waals surface area contributed by atoms with Crippen LogP contribution in [0.2, 0.25) is 0 Å². The first-order chi connectivity index (χ1) is 24.0. The number of rotatable bonds is 16. The molecule has 0 saturated carbocycles. The maximum Gasteiger partial charge on any atom is 0.622 e. The van der Waals surface area contributed by atoms with Crippen LogP contribution in [0.25, 0.3) is 0 Å². The summed E-state index contributed by atoms with van der Waals surface area (Å²) in [7, 11) is -1.38. The summed E-state index contributed by atoms with van der Waals surface area (Å²) in [5.41, 5.74) is 2.01. The topological polar surface area (TPSA) is 169 Å². The molecule has 3 amide bonds. The molecule has 15 heteroatoms. The van der Waals surface area contributed by atoms with Gasteiger partial charge in [0.05, 0.1) is 25.2 Å². The summed E-state index contributed by atoms with van der Waals surface area (Å²) in [5.74, 6) is -3.43. The Morgan fingerprint density at radius 2 is 1.64 bits per heavy atom. The zero-order chi connectivity index (χ0) is 35.9. The van der Waals surface area contributed by atoms with E-state index in [1.807, 2.05) is 56.3 Å². The lowest BCUT2D eigenvalue weighted by Crippen LogP contribution is -2.58. The maximum atomic E-state index is 13.8. The molecule has 13 nitrogen and oxygen atoms in total. The first-order valence-electron chi connectivity index (χ1n) is 16.6. The molecule has 0 radical (unpaired) electrons. The molecule has 3 N–H and O–H groups in total. The minimum absolute atomic E-state index is 0.0154. The van der Waals surface area contributed by atoms with Crippen LogP contribution in [-0.4, -0.2) is 89.8 Å². The summed E-state index contributed by atoms with van der Waals surface area (Å²) < 4.78 is 12.4. The smallest absolute Gasteiger partial charge is 0.497 e.